The van der Waals surface area contributed by atoms with Gasteiger partial charge in [0.25, 0.3) is 0 Å². The van der Waals surface area contributed by atoms with Crippen LogP contribution in [0.1, 0.15) is 18.4 Å². The Balaban J connectivity index is 1.94. The van der Waals surface area contributed by atoms with Crippen LogP contribution in [-0.2, 0) is 4.79 Å². The number of rotatable bonds is 3. The third kappa shape index (κ3) is 2.27. The molecular formula is C12H17N3O. The SMILES string of the molecule is Cc1c(N)cccc1NCC1CCC(=O)N1. The molecule has 1 aliphatic rings. The van der Waals surface area contributed by atoms with Gasteiger partial charge in [0.15, 0.2) is 0 Å². The van der Waals surface area contributed by atoms with Crippen molar-refractivity contribution in [3.05, 3.63) is 23.8 Å². The first kappa shape index (κ1) is 10.8. The van der Waals surface area contributed by atoms with E-state index in [1.54, 1.807) is 0 Å². The first-order valence-electron chi connectivity index (χ1n) is 5.55. The minimum atomic E-state index is 0.149. The normalized spacial score (nSPS) is 19.6. The van der Waals surface area contributed by atoms with Crippen LogP contribution < -0.4 is 16.4 Å². The van der Waals surface area contributed by atoms with E-state index in [0.717, 1.165) is 29.9 Å². The maximum absolute atomic E-state index is 11.0. The Labute approximate surface area is 95.2 Å². The second-order valence-corrected chi connectivity index (χ2v) is 4.20. The van der Waals surface area contributed by atoms with Crippen molar-refractivity contribution >= 4 is 17.3 Å². The zero-order valence-electron chi connectivity index (χ0n) is 9.42. The van der Waals surface area contributed by atoms with E-state index in [-0.39, 0.29) is 11.9 Å². The molecule has 4 nitrogen and oxygen atoms in total. The molecule has 1 aromatic carbocycles. The van der Waals surface area contributed by atoms with Gasteiger partial charge in [-0.25, -0.2) is 0 Å². The van der Waals surface area contributed by atoms with E-state index >= 15 is 0 Å². The molecule has 1 aromatic rings. The number of nitrogen functional groups attached to an aromatic ring is 1. The molecule has 0 bridgehead atoms. The number of anilines is 2. The highest BCUT2D eigenvalue weighted by atomic mass is 16.1. The Morgan fingerprint density at radius 1 is 1.56 bits per heavy atom. The monoisotopic (exact) mass is 219 g/mol. The fourth-order valence-corrected chi connectivity index (χ4v) is 1.91. The first-order valence-corrected chi connectivity index (χ1v) is 5.55. The van der Waals surface area contributed by atoms with Crippen molar-refractivity contribution in [2.45, 2.75) is 25.8 Å². The predicted octanol–water partition coefficient (Wildman–Crippen LogP) is 1.27. The summed E-state index contributed by atoms with van der Waals surface area (Å²) in [4.78, 5) is 11.0. The van der Waals surface area contributed by atoms with Crippen LogP contribution in [0.5, 0.6) is 0 Å². The van der Waals surface area contributed by atoms with E-state index < -0.39 is 0 Å². The Hall–Kier alpha value is -1.71. The molecule has 1 atom stereocenters. The van der Waals surface area contributed by atoms with Gasteiger partial charge >= 0.3 is 0 Å². The van der Waals surface area contributed by atoms with Crippen LogP contribution >= 0.6 is 0 Å². The molecule has 0 saturated carbocycles. The molecule has 86 valence electrons. The summed E-state index contributed by atoms with van der Waals surface area (Å²) in [7, 11) is 0. The number of carbonyl (C=O) groups is 1. The fourth-order valence-electron chi connectivity index (χ4n) is 1.91. The summed E-state index contributed by atoms with van der Waals surface area (Å²) < 4.78 is 0. The molecule has 0 aliphatic carbocycles. The molecule has 1 saturated heterocycles. The topological polar surface area (TPSA) is 67.1 Å². The number of carbonyl (C=O) groups excluding carboxylic acids is 1. The number of amides is 1. The summed E-state index contributed by atoms with van der Waals surface area (Å²) in [5.41, 5.74) is 8.71. The molecule has 1 amide bonds. The lowest BCUT2D eigenvalue weighted by Crippen LogP contribution is -2.31. The molecule has 1 fully saturated rings. The average molecular weight is 219 g/mol. The number of benzene rings is 1. The van der Waals surface area contributed by atoms with Gasteiger partial charge in [-0.2, -0.15) is 0 Å². The fraction of sp³-hybridized carbons (Fsp3) is 0.417. The number of nitrogens with two attached hydrogens (primary N) is 1. The quantitative estimate of drug-likeness (QED) is 0.671. The van der Waals surface area contributed by atoms with Gasteiger partial charge in [0.05, 0.1) is 0 Å². The van der Waals surface area contributed by atoms with Gasteiger partial charge in [0.1, 0.15) is 0 Å². The first-order chi connectivity index (χ1) is 7.66. The highest BCUT2D eigenvalue weighted by Gasteiger charge is 2.20. The Morgan fingerprint density at radius 3 is 3.06 bits per heavy atom. The largest absolute Gasteiger partial charge is 0.398 e. The highest BCUT2D eigenvalue weighted by molar-refractivity contribution is 5.78. The Morgan fingerprint density at radius 2 is 2.38 bits per heavy atom. The molecule has 1 unspecified atom stereocenters. The van der Waals surface area contributed by atoms with E-state index in [1.807, 2.05) is 25.1 Å². The smallest absolute Gasteiger partial charge is 0.220 e. The molecule has 0 aromatic heterocycles. The molecule has 2 rings (SSSR count). The van der Waals surface area contributed by atoms with Crippen molar-refractivity contribution in [1.82, 2.24) is 5.32 Å². The average Bonchev–Trinajstić information content (AvgIpc) is 2.67. The van der Waals surface area contributed by atoms with Crippen LogP contribution in [0.3, 0.4) is 0 Å². The van der Waals surface area contributed by atoms with Crippen molar-refractivity contribution in [2.24, 2.45) is 0 Å². The summed E-state index contributed by atoms with van der Waals surface area (Å²) in [5, 5.41) is 6.25. The molecular weight excluding hydrogens is 202 g/mol. The molecule has 16 heavy (non-hydrogen) atoms. The van der Waals surface area contributed by atoms with Gasteiger partial charge in [0, 0.05) is 30.4 Å². The summed E-state index contributed by atoms with van der Waals surface area (Å²) in [6.45, 7) is 2.75. The molecule has 1 heterocycles. The maximum Gasteiger partial charge on any atom is 0.220 e. The van der Waals surface area contributed by atoms with E-state index in [1.165, 1.54) is 0 Å². The highest BCUT2D eigenvalue weighted by Crippen LogP contribution is 2.20. The van der Waals surface area contributed by atoms with Gasteiger partial charge in [-0.1, -0.05) is 6.07 Å². The van der Waals surface area contributed by atoms with E-state index in [4.69, 9.17) is 5.73 Å². The molecule has 0 radical (unpaired) electrons. The second kappa shape index (κ2) is 4.43. The summed E-state index contributed by atoms with van der Waals surface area (Å²) >= 11 is 0. The minimum absolute atomic E-state index is 0.149. The molecule has 1 aliphatic heterocycles. The lowest BCUT2D eigenvalue weighted by atomic mass is 10.1. The zero-order chi connectivity index (χ0) is 11.5. The zero-order valence-corrected chi connectivity index (χ0v) is 9.42. The minimum Gasteiger partial charge on any atom is -0.398 e. The van der Waals surface area contributed by atoms with Crippen LogP contribution in [0.25, 0.3) is 0 Å². The van der Waals surface area contributed by atoms with Crippen LogP contribution in [0, 0.1) is 6.92 Å². The molecule has 4 N–H and O–H groups in total. The van der Waals surface area contributed by atoms with E-state index in [0.29, 0.717) is 6.42 Å². The van der Waals surface area contributed by atoms with Crippen molar-refractivity contribution < 1.29 is 4.79 Å². The van der Waals surface area contributed by atoms with Crippen LogP contribution in [0.2, 0.25) is 0 Å². The van der Waals surface area contributed by atoms with Gasteiger partial charge < -0.3 is 16.4 Å². The Kier molecular flexibility index (Phi) is 2.99. The molecule has 0 spiro atoms. The predicted molar refractivity (Wildman–Crippen MR) is 65.2 cm³/mol. The standard InChI is InChI=1S/C12H17N3O/c1-8-10(13)3-2-4-11(8)14-7-9-5-6-12(16)15-9/h2-4,9,14H,5-7,13H2,1H3,(H,15,16). The van der Waals surface area contributed by atoms with Crippen LogP contribution in [-0.4, -0.2) is 18.5 Å². The van der Waals surface area contributed by atoms with E-state index in [2.05, 4.69) is 10.6 Å². The number of hydrogen-bond donors (Lipinski definition) is 3. The lowest BCUT2D eigenvalue weighted by molar-refractivity contribution is -0.119. The third-order valence-corrected chi connectivity index (χ3v) is 3.00. The third-order valence-electron chi connectivity index (χ3n) is 3.00. The summed E-state index contributed by atoms with van der Waals surface area (Å²) in [6.07, 6.45) is 1.55. The van der Waals surface area contributed by atoms with Crippen molar-refractivity contribution in [1.29, 1.82) is 0 Å². The van der Waals surface area contributed by atoms with Crippen molar-refractivity contribution in [3.63, 3.8) is 0 Å². The van der Waals surface area contributed by atoms with Gasteiger partial charge in [0.2, 0.25) is 5.91 Å². The molecule has 4 heteroatoms. The second-order valence-electron chi connectivity index (χ2n) is 4.20. The van der Waals surface area contributed by atoms with Crippen molar-refractivity contribution in [3.8, 4) is 0 Å². The van der Waals surface area contributed by atoms with Crippen LogP contribution in [0.4, 0.5) is 11.4 Å². The van der Waals surface area contributed by atoms with Gasteiger partial charge in [-0.05, 0) is 31.0 Å². The number of nitrogens with one attached hydrogen (secondary N) is 2. The maximum atomic E-state index is 11.0. The van der Waals surface area contributed by atoms with E-state index in [9.17, 15) is 4.79 Å². The van der Waals surface area contributed by atoms with Crippen molar-refractivity contribution in [2.75, 3.05) is 17.6 Å². The Bertz CT molecular complexity index is 403. The van der Waals surface area contributed by atoms with Gasteiger partial charge in [-0.3, -0.25) is 4.79 Å². The van der Waals surface area contributed by atoms with Gasteiger partial charge in [-0.15, -0.1) is 0 Å². The van der Waals surface area contributed by atoms with Crippen LogP contribution in [0.15, 0.2) is 18.2 Å². The summed E-state index contributed by atoms with van der Waals surface area (Å²) in [5.74, 6) is 0.149. The number of hydrogen-bond acceptors (Lipinski definition) is 3. The summed E-state index contributed by atoms with van der Waals surface area (Å²) in [6, 6.07) is 6.06. The lowest BCUT2D eigenvalue weighted by Gasteiger charge is -2.15.